The van der Waals surface area contributed by atoms with E-state index in [0.29, 0.717) is 17.6 Å². The molecule has 0 amide bonds. The van der Waals surface area contributed by atoms with Gasteiger partial charge in [-0.15, -0.1) is 0 Å². The maximum absolute atomic E-state index is 11.3. The van der Waals surface area contributed by atoms with Crippen molar-refractivity contribution in [2.45, 2.75) is 32.6 Å². The Labute approximate surface area is 61.8 Å². The fourth-order valence-electron chi connectivity index (χ4n) is 2.48. The first-order valence-electron chi connectivity index (χ1n) is 4.30. The Morgan fingerprint density at radius 1 is 1.40 bits per heavy atom. The van der Waals surface area contributed by atoms with Crippen molar-refractivity contribution in [2.24, 2.45) is 17.8 Å². The van der Waals surface area contributed by atoms with Crippen molar-refractivity contribution in [1.82, 2.24) is 0 Å². The van der Waals surface area contributed by atoms with Crippen LogP contribution in [0.25, 0.3) is 0 Å². The minimum atomic E-state index is 0.473. The summed E-state index contributed by atoms with van der Waals surface area (Å²) in [5.74, 6) is 2.59. The summed E-state index contributed by atoms with van der Waals surface area (Å²) in [6.07, 6.45) is 4.58. The molecule has 56 valence electrons. The van der Waals surface area contributed by atoms with Gasteiger partial charge in [0.05, 0.1) is 0 Å². The molecule has 0 N–H and O–H groups in total. The Morgan fingerprint density at radius 2 is 2.20 bits per heavy atom. The molecular weight excluding hydrogens is 124 g/mol. The third-order valence-corrected chi connectivity index (χ3v) is 3.26. The summed E-state index contributed by atoms with van der Waals surface area (Å²) >= 11 is 0. The molecule has 0 aromatic rings. The van der Waals surface area contributed by atoms with Crippen LogP contribution >= 0.6 is 0 Å². The summed E-state index contributed by atoms with van der Waals surface area (Å²) < 4.78 is 0. The first-order valence-corrected chi connectivity index (χ1v) is 4.30. The second-order valence-corrected chi connectivity index (χ2v) is 3.92. The number of carbonyl (C=O) groups is 1. The second-order valence-electron chi connectivity index (χ2n) is 3.92. The van der Waals surface area contributed by atoms with Crippen LogP contribution in [0.3, 0.4) is 0 Å². The van der Waals surface area contributed by atoms with Crippen molar-refractivity contribution in [3.8, 4) is 0 Å². The molecule has 0 spiro atoms. The van der Waals surface area contributed by atoms with Crippen LogP contribution in [0.2, 0.25) is 0 Å². The highest BCUT2D eigenvalue weighted by Crippen LogP contribution is 2.42. The van der Waals surface area contributed by atoms with Crippen molar-refractivity contribution in [3.05, 3.63) is 0 Å². The van der Waals surface area contributed by atoms with E-state index in [-0.39, 0.29) is 0 Å². The molecular formula is C9H14O. The van der Waals surface area contributed by atoms with Crippen LogP contribution in [0.15, 0.2) is 0 Å². The van der Waals surface area contributed by atoms with Gasteiger partial charge in [0.15, 0.2) is 0 Å². The number of carbonyl (C=O) groups excluding carboxylic acids is 1. The van der Waals surface area contributed by atoms with Crippen LogP contribution in [0.1, 0.15) is 32.6 Å². The van der Waals surface area contributed by atoms with Gasteiger partial charge in [-0.25, -0.2) is 0 Å². The fraction of sp³-hybridized carbons (Fsp3) is 0.889. The Hall–Kier alpha value is -0.330. The minimum absolute atomic E-state index is 0.473. The van der Waals surface area contributed by atoms with Gasteiger partial charge in [0.25, 0.3) is 0 Å². The van der Waals surface area contributed by atoms with Gasteiger partial charge in [0.2, 0.25) is 0 Å². The zero-order valence-corrected chi connectivity index (χ0v) is 6.47. The molecule has 2 bridgehead atoms. The Bertz CT molecular complexity index is 162. The summed E-state index contributed by atoms with van der Waals surface area (Å²) in [5.41, 5.74) is 0. The standard InChI is InChI=1S/C9H14O/c1-6-4-9(10)8-3-2-7(6)5-8/h6-8H,2-5H2,1H3/t6-,7-,8-/m0/s1. The first-order chi connectivity index (χ1) is 4.77. The van der Waals surface area contributed by atoms with Gasteiger partial charge in [-0.1, -0.05) is 6.92 Å². The molecule has 3 atom stereocenters. The van der Waals surface area contributed by atoms with Crippen LogP contribution in [-0.4, -0.2) is 5.78 Å². The van der Waals surface area contributed by atoms with Gasteiger partial charge in [-0.05, 0) is 31.1 Å². The van der Waals surface area contributed by atoms with E-state index < -0.39 is 0 Å². The highest BCUT2D eigenvalue weighted by atomic mass is 16.1. The van der Waals surface area contributed by atoms with E-state index in [1.54, 1.807) is 0 Å². The summed E-state index contributed by atoms with van der Waals surface area (Å²) in [7, 11) is 0. The van der Waals surface area contributed by atoms with E-state index in [1.165, 1.54) is 19.3 Å². The van der Waals surface area contributed by atoms with Gasteiger partial charge in [0.1, 0.15) is 5.78 Å². The fourth-order valence-corrected chi connectivity index (χ4v) is 2.48. The molecule has 2 saturated carbocycles. The number of fused-ring (bicyclic) bond motifs is 2. The van der Waals surface area contributed by atoms with Crippen molar-refractivity contribution in [3.63, 3.8) is 0 Å². The number of hydrogen-bond donors (Lipinski definition) is 0. The lowest BCUT2D eigenvalue weighted by Crippen LogP contribution is -2.23. The summed E-state index contributed by atoms with van der Waals surface area (Å²) in [4.78, 5) is 11.3. The van der Waals surface area contributed by atoms with Crippen molar-refractivity contribution < 1.29 is 4.79 Å². The average molecular weight is 138 g/mol. The van der Waals surface area contributed by atoms with Crippen molar-refractivity contribution in [1.29, 1.82) is 0 Å². The zero-order chi connectivity index (χ0) is 7.14. The van der Waals surface area contributed by atoms with Crippen LogP contribution in [-0.2, 0) is 4.79 Å². The largest absolute Gasteiger partial charge is 0.299 e. The number of rotatable bonds is 0. The molecule has 1 nitrogen and oxygen atoms in total. The van der Waals surface area contributed by atoms with E-state index in [1.807, 2.05) is 0 Å². The molecule has 2 fully saturated rings. The molecule has 0 aliphatic heterocycles. The second kappa shape index (κ2) is 2.08. The monoisotopic (exact) mass is 138 g/mol. The Balaban J connectivity index is 2.16. The smallest absolute Gasteiger partial charge is 0.136 e. The zero-order valence-electron chi connectivity index (χ0n) is 6.47. The molecule has 1 heteroatoms. The van der Waals surface area contributed by atoms with E-state index >= 15 is 0 Å². The molecule has 0 unspecified atom stereocenters. The minimum Gasteiger partial charge on any atom is -0.299 e. The van der Waals surface area contributed by atoms with Gasteiger partial charge in [-0.2, -0.15) is 0 Å². The van der Waals surface area contributed by atoms with E-state index in [2.05, 4.69) is 6.92 Å². The average Bonchev–Trinajstić information content (AvgIpc) is 2.28. The summed E-state index contributed by atoms with van der Waals surface area (Å²) in [5, 5.41) is 0. The van der Waals surface area contributed by atoms with Crippen molar-refractivity contribution >= 4 is 5.78 Å². The molecule has 2 rings (SSSR count). The molecule has 0 radical (unpaired) electrons. The van der Waals surface area contributed by atoms with Crippen LogP contribution < -0.4 is 0 Å². The quantitative estimate of drug-likeness (QED) is 0.500. The lowest BCUT2D eigenvalue weighted by Gasteiger charge is -2.23. The van der Waals surface area contributed by atoms with Crippen LogP contribution in [0, 0.1) is 17.8 Å². The predicted octanol–water partition coefficient (Wildman–Crippen LogP) is 2.01. The lowest BCUT2D eigenvalue weighted by atomic mass is 9.80. The van der Waals surface area contributed by atoms with Crippen LogP contribution in [0.4, 0.5) is 0 Å². The molecule has 2 aliphatic rings. The Kier molecular flexibility index (Phi) is 1.33. The molecule has 2 aliphatic carbocycles. The van der Waals surface area contributed by atoms with Crippen molar-refractivity contribution in [2.75, 3.05) is 0 Å². The topological polar surface area (TPSA) is 17.1 Å². The first kappa shape index (κ1) is 6.38. The SMILES string of the molecule is C[C@H]1CC(=O)[C@H]2CC[C@H]1C2. The third kappa shape index (κ3) is 0.799. The van der Waals surface area contributed by atoms with E-state index in [4.69, 9.17) is 0 Å². The maximum Gasteiger partial charge on any atom is 0.136 e. The highest BCUT2D eigenvalue weighted by molar-refractivity contribution is 5.82. The predicted molar refractivity (Wildman–Crippen MR) is 39.6 cm³/mol. The molecule has 10 heavy (non-hydrogen) atoms. The number of Topliss-reactive ketones (excluding diaryl/α,β-unsaturated/α-hetero) is 1. The lowest BCUT2D eigenvalue weighted by molar-refractivity contribution is -0.125. The van der Waals surface area contributed by atoms with Crippen LogP contribution in [0.5, 0.6) is 0 Å². The number of hydrogen-bond acceptors (Lipinski definition) is 1. The summed E-state index contributed by atoms with van der Waals surface area (Å²) in [6.45, 7) is 2.23. The molecule has 0 saturated heterocycles. The third-order valence-electron chi connectivity index (χ3n) is 3.26. The van der Waals surface area contributed by atoms with Gasteiger partial charge >= 0.3 is 0 Å². The van der Waals surface area contributed by atoms with Gasteiger partial charge in [0, 0.05) is 12.3 Å². The molecule has 0 heterocycles. The van der Waals surface area contributed by atoms with Gasteiger partial charge in [-0.3, -0.25) is 4.79 Å². The Morgan fingerprint density at radius 3 is 3.00 bits per heavy atom. The summed E-state index contributed by atoms with van der Waals surface area (Å²) in [6, 6.07) is 0. The maximum atomic E-state index is 11.3. The van der Waals surface area contributed by atoms with E-state index in [0.717, 1.165) is 12.3 Å². The highest BCUT2D eigenvalue weighted by Gasteiger charge is 2.38. The normalized spacial score (nSPS) is 46.1. The molecule has 0 aromatic carbocycles. The number of ketones is 1. The van der Waals surface area contributed by atoms with E-state index in [9.17, 15) is 4.79 Å². The molecule has 0 aromatic heterocycles. The van der Waals surface area contributed by atoms with Gasteiger partial charge < -0.3 is 0 Å².